The number of hydrogen-bond acceptors (Lipinski definition) is 4. The molecule has 4 rings (SSSR count). The number of anilines is 1. The van der Waals surface area contributed by atoms with Crippen LogP contribution in [-0.2, 0) is 4.79 Å². The first-order chi connectivity index (χ1) is 12.3. The molecule has 0 saturated carbocycles. The van der Waals surface area contributed by atoms with Gasteiger partial charge in [0.15, 0.2) is 0 Å². The van der Waals surface area contributed by atoms with Crippen LogP contribution in [0.25, 0.3) is 11.3 Å². The third kappa shape index (κ3) is 3.14. The molecule has 1 N–H and O–H groups in total. The molecule has 0 radical (unpaired) electrons. The highest BCUT2D eigenvalue weighted by Crippen LogP contribution is 2.32. The number of nitrogens with one attached hydrogen (secondary N) is 1. The Balaban J connectivity index is 1.58. The molecule has 1 aromatic heterocycles. The Morgan fingerprint density at radius 3 is 2.80 bits per heavy atom. The van der Waals surface area contributed by atoms with Crippen molar-refractivity contribution in [2.24, 2.45) is 0 Å². The molecule has 2 heterocycles. The van der Waals surface area contributed by atoms with Crippen LogP contribution in [0.15, 0.2) is 67.0 Å². The van der Waals surface area contributed by atoms with Crippen molar-refractivity contribution in [3.05, 3.63) is 72.6 Å². The average Bonchev–Trinajstić information content (AvgIpc) is 3.11. The molecule has 3 aromatic rings. The van der Waals surface area contributed by atoms with Crippen LogP contribution < -0.4 is 10.1 Å². The zero-order valence-corrected chi connectivity index (χ0v) is 13.4. The number of carbonyl (C=O) groups excluding carboxylic acids is 1. The fourth-order valence-corrected chi connectivity index (χ4v) is 2.82. The standard InChI is InChI=1S/C19H16N4O2/c24-18(12-14-10-11-25-17-9-5-4-8-16(14)17)21-19-22-20-13-23(19)15-6-2-1-3-7-15/h1-9,12-13H,10-11H2,(H,21,22,24). The first-order valence-corrected chi connectivity index (χ1v) is 8.00. The lowest BCUT2D eigenvalue weighted by atomic mass is 9.99. The summed E-state index contributed by atoms with van der Waals surface area (Å²) in [6.45, 7) is 0.566. The lowest BCUT2D eigenvalue weighted by molar-refractivity contribution is -0.111. The second-order valence-electron chi connectivity index (χ2n) is 5.61. The van der Waals surface area contributed by atoms with Crippen LogP contribution in [0.4, 0.5) is 5.95 Å². The topological polar surface area (TPSA) is 69.0 Å². The highest BCUT2D eigenvalue weighted by atomic mass is 16.5. The van der Waals surface area contributed by atoms with Crippen molar-refractivity contribution in [3.8, 4) is 11.4 Å². The average molecular weight is 332 g/mol. The monoisotopic (exact) mass is 332 g/mol. The maximum atomic E-state index is 12.5. The minimum atomic E-state index is -0.239. The number of benzene rings is 2. The lowest BCUT2D eigenvalue weighted by Gasteiger charge is -2.19. The summed E-state index contributed by atoms with van der Waals surface area (Å²) in [7, 11) is 0. The van der Waals surface area contributed by atoms with Gasteiger partial charge in [0.2, 0.25) is 5.95 Å². The first-order valence-electron chi connectivity index (χ1n) is 8.00. The number of carbonyl (C=O) groups is 1. The summed E-state index contributed by atoms with van der Waals surface area (Å²) in [6, 6.07) is 17.3. The van der Waals surface area contributed by atoms with Gasteiger partial charge in [0.05, 0.1) is 12.3 Å². The van der Waals surface area contributed by atoms with Gasteiger partial charge in [-0.25, -0.2) is 0 Å². The summed E-state index contributed by atoms with van der Waals surface area (Å²) in [5.41, 5.74) is 2.78. The second kappa shape index (κ2) is 6.60. The number of para-hydroxylation sites is 2. The van der Waals surface area contributed by atoms with Gasteiger partial charge in [-0.15, -0.1) is 10.2 Å². The summed E-state index contributed by atoms with van der Waals surface area (Å²) < 4.78 is 7.35. The van der Waals surface area contributed by atoms with E-state index in [0.29, 0.717) is 19.0 Å². The van der Waals surface area contributed by atoms with Gasteiger partial charge in [0.1, 0.15) is 12.1 Å². The molecule has 1 amide bonds. The van der Waals surface area contributed by atoms with Crippen LogP contribution >= 0.6 is 0 Å². The number of amides is 1. The second-order valence-corrected chi connectivity index (χ2v) is 5.61. The maximum Gasteiger partial charge on any atom is 0.251 e. The van der Waals surface area contributed by atoms with Gasteiger partial charge in [0, 0.05) is 18.1 Å². The molecule has 0 atom stereocenters. The van der Waals surface area contributed by atoms with Gasteiger partial charge in [-0.1, -0.05) is 36.4 Å². The third-order valence-electron chi connectivity index (χ3n) is 3.98. The zero-order chi connectivity index (χ0) is 17.1. The predicted octanol–water partition coefficient (Wildman–Crippen LogP) is 3.07. The molecule has 0 saturated heterocycles. The van der Waals surface area contributed by atoms with Crippen molar-refractivity contribution >= 4 is 17.4 Å². The molecule has 6 nitrogen and oxygen atoms in total. The molecular weight excluding hydrogens is 316 g/mol. The Morgan fingerprint density at radius 2 is 1.92 bits per heavy atom. The van der Waals surface area contributed by atoms with Crippen LogP contribution in [0.3, 0.4) is 0 Å². The van der Waals surface area contributed by atoms with Gasteiger partial charge in [-0.3, -0.25) is 14.7 Å². The van der Waals surface area contributed by atoms with Crippen LogP contribution in [0.5, 0.6) is 5.75 Å². The zero-order valence-electron chi connectivity index (χ0n) is 13.4. The van der Waals surface area contributed by atoms with E-state index in [1.807, 2.05) is 54.6 Å². The van der Waals surface area contributed by atoms with Crippen molar-refractivity contribution in [1.82, 2.24) is 14.8 Å². The normalized spacial score (nSPS) is 14.6. The minimum absolute atomic E-state index is 0.239. The maximum absolute atomic E-state index is 12.5. The summed E-state index contributed by atoms with van der Waals surface area (Å²) in [5, 5.41) is 10.7. The van der Waals surface area contributed by atoms with E-state index < -0.39 is 0 Å². The molecule has 2 aromatic carbocycles. The number of rotatable bonds is 3. The van der Waals surface area contributed by atoms with E-state index >= 15 is 0 Å². The number of aromatic nitrogens is 3. The van der Waals surface area contributed by atoms with Crippen LogP contribution in [0, 0.1) is 0 Å². The van der Waals surface area contributed by atoms with E-state index in [0.717, 1.165) is 22.6 Å². The van der Waals surface area contributed by atoms with E-state index in [9.17, 15) is 4.79 Å². The van der Waals surface area contributed by atoms with E-state index in [2.05, 4.69) is 15.5 Å². The molecule has 0 unspecified atom stereocenters. The summed E-state index contributed by atoms with van der Waals surface area (Å²) >= 11 is 0. The molecule has 1 aliphatic heterocycles. The lowest BCUT2D eigenvalue weighted by Crippen LogP contribution is -2.15. The summed E-state index contributed by atoms with van der Waals surface area (Å²) in [4.78, 5) is 12.5. The Labute approximate surface area is 144 Å². The molecule has 124 valence electrons. The SMILES string of the molecule is O=C(C=C1CCOc2ccccc21)Nc1nncn1-c1ccccc1. The molecule has 25 heavy (non-hydrogen) atoms. The number of nitrogens with zero attached hydrogens (tertiary/aromatic N) is 3. The van der Waals surface area contributed by atoms with Crippen LogP contribution in [0.2, 0.25) is 0 Å². The molecule has 0 aliphatic carbocycles. The number of fused-ring (bicyclic) bond motifs is 1. The minimum Gasteiger partial charge on any atom is -0.493 e. The molecule has 0 fully saturated rings. The van der Waals surface area contributed by atoms with Crippen molar-refractivity contribution in [2.75, 3.05) is 11.9 Å². The van der Waals surface area contributed by atoms with Gasteiger partial charge < -0.3 is 4.74 Å². The Bertz CT molecular complexity index is 931. The smallest absolute Gasteiger partial charge is 0.251 e. The Hall–Kier alpha value is -3.41. The van der Waals surface area contributed by atoms with E-state index in [-0.39, 0.29) is 5.91 Å². The fraction of sp³-hybridized carbons (Fsp3) is 0.105. The van der Waals surface area contributed by atoms with Crippen LogP contribution in [-0.4, -0.2) is 27.3 Å². The molecule has 6 heteroatoms. The van der Waals surface area contributed by atoms with E-state index in [4.69, 9.17) is 4.74 Å². The summed E-state index contributed by atoms with van der Waals surface area (Å²) in [6.07, 6.45) is 3.86. The molecule has 1 aliphatic rings. The molecular formula is C19H16N4O2. The van der Waals surface area contributed by atoms with Gasteiger partial charge in [-0.2, -0.15) is 0 Å². The van der Waals surface area contributed by atoms with Crippen LogP contribution in [0.1, 0.15) is 12.0 Å². The van der Waals surface area contributed by atoms with Gasteiger partial charge in [-0.05, 0) is 23.8 Å². The summed E-state index contributed by atoms with van der Waals surface area (Å²) in [5.74, 6) is 0.950. The van der Waals surface area contributed by atoms with Gasteiger partial charge in [0.25, 0.3) is 5.91 Å². The Morgan fingerprint density at radius 1 is 1.12 bits per heavy atom. The molecule has 0 bridgehead atoms. The molecule has 0 spiro atoms. The van der Waals surface area contributed by atoms with Crippen molar-refractivity contribution in [1.29, 1.82) is 0 Å². The van der Waals surface area contributed by atoms with Crippen molar-refractivity contribution < 1.29 is 9.53 Å². The van der Waals surface area contributed by atoms with Crippen molar-refractivity contribution in [3.63, 3.8) is 0 Å². The fourth-order valence-electron chi connectivity index (χ4n) is 2.82. The number of ether oxygens (including phenoxy) is 1. The predicted molar refractivity (Wildman–Crippen MR) is 94.5 cm³/mol. The Kier molecular flexibility index (Phi) is 4.00. The largest absolute Gasteiger partial charge is 0.493 e. The van der Waals surface area contributed by atoms with Gasteiger partial charge >= 0.3 is 0 Å². The number of hydrogen-bond donors (Lipinski definition) is 1. The highest BCUT2D eigenvalue weighted by molar-refractivity contribution is 6.03. The van der Waals surface area contributed by atoms with E-state index in [1.165, 1.54) is 0 Å². The van der Waals surface area contributed by atoms with Crippen molar-refractivity contribution in [2.45, 2.75) is 6.42 Å². The van der Waals surface area contributed by atoms with E-state index in [1.54, 1.807) is 17.0 Å². The highest BCUT2D eigenvalue weighted by Gasteiger charge is 2.16. The first kappa shape index (κ1) is 15.1. The third-order valence-corrected chi connectivity index (χ3v) is 3.98. The quantitative estimate of drug-likeness (QED) is 0.749.